The molecule has 2 N–H and O–H groups in total. The van der Waals surface area contributed by atoms with E-state index in [9.17, 15) is 9.59 Å². The molecule has 1 aliphatic carbocycles. The molecule has 0 bridgehead atoms. The van der Waals surface area contributed by atoms with Gasteiger partial charge in [0.2, 0.25) is 5.91 Å². The zero-order chi connectivity index (χ0) is 19.8. The highest BCUT2D eigenvalue weighted by Crippen LogP contribution is 2.32. The van der Waals surface area contributed by atoms with Gasteiger partial charge in [-0.2, -0.15) is 0 Å². The van der Waals surface area contributed by atoms with E-state index in [2.05, 4.69) is 16.7 Å². The van der Waals surface area contributed by atoms with Crippen molar-refractivity contribution in [2.24, 2.45) is 0 Å². The molecular formula is C23H28N2O3. The van der Waals surface area contributed by atoms with Crippen molar-refractivity contribution < 1.29 is 14.3 Å². The van der Waals surface area contributed by atoms with Crippen LogP contribution in [0.15, 0.2) is 48.5 Å². The number of benzene rings is 2. The van der Waals surface area contributed by atoms with Crippen LogP contribution in [-0.2, 0) is 16.0 Å². The molecular weight excluding hydrogens is 352 g/mol. The molecule has 0 aromatic heterocycles. The number of carbonyl (C=O) groups is 2. The number of fused-ring (bicyclic) bond motifs is 1. The van der Waals surface area contributed by atoms with Crippen LogP contribution in [0.2, 0.25) is 0 Å². The van der Waals surface area contributed by atoms with Gasteiger partial charge >= 0.3 is 0 Å². The number of rotatable bonds is 8. The van der Waals surface area contributed by atoms with Gasteiger partial charge in [0.05, 0.1) is 5.92 Å². The predicted molar refractivity (Wildman–Crippen MR) is 111 cm³/mol. The van der Waals surface area contributed by atoms with E-state index in [0.29, 0.717) is 31.0 Å². The largest absolute Gasteiger partial charge is 0.382 e. The first-order chi connectivity index (χ1) is 13.7. The van der Waals surface area contributed by atoms with Gasteiger partial charge in [-0.25, -0.2) is 0 Å². The molecule has 2 aromatic rings. The fraction of sp³-hybridized carbons (Fsp3) is 0.391. The van der Waals surface area contributed by atoms with E-state index in [1.54, 1.807) is 18.2 Å². The lowest BCUT2D eigenvalue weighted by Gasteiger charge is -2.24. The van der Waals surface area contributed by atoms with Crippen LogP contribution in [-0.4, -0.2) is 31.6 Å². The maximum Gasteiger partial charge on any atom is 0.251 e. The second-order valence-corrected chi connectivity index (χ2v) is 7.02. The van der Waals surface area contributed by atoms with E-state index in [4.69, 9.17) is 4.74 Å². The lowest BCUT2D eigenvalue weighted by atomic mass is 9.82. The normalized spacial score (nSPS) is 15.5. The van der Waals surface area contributed by atoms with Crippen LogP contribution in [0.1, 0.15) is 53.6 Å². The van der Waals surface area contributed by atoms with Crippen molar-refractivity contribution in [3.05, 3.63) is 65.2 Å². The van der Waals surface area contributed by atoms with Crippen LogP contribution in [0.4, 0.5) is 5.69 Å². The Balaban J connectivity index is 1.60. The van der Waals surface area contributed by atoms with E-state index >= 15 is 0 Å². The number of ether oxygens (including phenoxy) is 1. The zero-order valence-corrected chi connectivity index (χ0v) is 16.4. The summed E-state index contributed by atoms with van der Waals surface area (Å²) >= 11 is 0. The Morgan fingerprint density at radius 3 is 2.86 bits per heavy atom. The van der Waals surface area contributed by atoms with Crippen LogP contribution in [0.3, 0.4) is 0 Å². The number of nitrogens with one attached hydrogen (secondary N) is 2. The van der Waals surface area contributed by atoms with Crippen LogP contribution < -0.4 is 10.6 Å². The van der Waals surface area contributed by atoms with Crippen molar-refractivity contribution >= 4 is 17.5 Å². The topological polar surface area (TPSA) is 67.4 Å². The molecule has 0 aliphatic heterocycles. The van der Waals surface area contributed by atoms with Gasteiger partial charge in [-0.05, 0) is 61.9 Å². The first kappa shape index (κ1) is 20.1. The molecule has 0 saturated heterocycles. The molecule has 5 heteroatoms. The monoisotopic (exact) mass is 380 g/mol. The fourth-order valence-corrected chi connectivity index (χ4v) is 3.62. The third-order valence-corrected chi connectivity index (χ3v) is 5.03. The van der Waals surface area contributed by atoms with Gasteiger partial charge < -0.3 is 15.4 Å². The van der Waals surface area contributed by atoms with Gasteiger partial charge in [0.25, 0.3) is 5.91 Å². The second kappa shape index (κ2) is 10.0. The van der Waals surface area contributed by atoms with Crippen LogP contribution in [0.5, 0.6) is 0 Å². The molecule has 0 spiro atoms. The standard InChI is InChI=1S/C23H28N2O3/c1-2-28-15-7-14-24-22(26)18-10-5-11-19(16-18)25-23(27)21-13-6-9-17-8-3-4-12-20(17)21/h3-5,8,10-12,16,21H,2,6-7,9,13-15H2,1H3,(H,24,26)(H,25,27). The highest BCUT2D eigenvalue weighted by Gasteiger charge is 2.26. The minimum Gasteiger partial charge on any atom is -0.382 e. The maximum absolute atomic E-state index is 12.9. The summed E-state index contributed by atoms with van der Waals surface area (Å²) in [6.07, 6.45) is 3.66. The van der Waals surface area contributed by atoms with Crippen LogP contribution in [0, 0.1) is 0 Å². The summed E-state index contributed by atoms with van der Waals surface area (Å²) in [5, 5.41) is 5.88. The van der Waals surface area contributed by atoms with Gasteiger partial charge in [-0.3, -0.25) is 9.59 Å². The Morgan fingerprint density at radius 2 is 2.00 bits per heavy atom. The molecule has 1 unspecified atom stereocenters. The van der Waals surface area contributed by atoms with Crippen LogP contribution in [0.25, 0.3) is 0 Å². The SMILES string of the molecule is CCOCCCNC(=O)c1cccc(NC(=O)C2CCCc3ccccc32)c1. The molecule has 28 heavy (non-hydrogen) atoms. The molecule has 0 heterocycles. The van der Waals surface area contributed by atoms with Gasteiger partial charge in [-0.15, -0.1) is 0 Å². The molecule has 148 valence electrons. The molecule has 0 fully saturated rings. The molecule has 5 nitrogen and oxygen atoms in total. The van der Waals surface area contributed by atoms with Gasteiger partial charge in [0, 0.05) is 31.0 Å². The van der Waals surface area contributed by atoms with E-state index < -0.39 is 0 Å². The van der Waals surface area contributed by atoms with E-state index in [-0.39, 0.29) is 17.7 Å². The van der Waals surface area contributed by atoms with Gasteiger partial charge in [0.1, 0.15) is 0 Å². The van der Waals surface area contributed by atoms with Crippen molar-refractivity contribution in [2.75, 3.05) is 25.1 Å². The maximum atomic E-state index is 12.9. The summed E-state index contributed by atoms with van der Waals surface area (Å²) in [5.74, 6) is -0.293. The number of aryl methyl sites for hydroxylation is 1. The summed E-state index contributed by atoms with van der Waals surface area (Å²) in [6.45, 7) is 3.83. The van der Waals surface area contributed by atoms with E-state index in [0.717, 1.165) is 31.2 Å². The Morgan fingerprint density at radius 1 is 1.14 bits per heavy atom. The number of anilines is 1. The van der Waals surface area contributed by atoms with Gasteiger partial charge in [-0.1, -0.05) is 30.3 Å². The number of carbonyl (C=O) groups excluding carboxylic acids is 2. The Hall–Kier alpha value is -2.66. The fourth-order valence-electron chi connectivity index (χ4n) is 3.62. The molecule has 1 atom stereocenters. The summed E-state index contributed by atoms with van der Waals surface area (Å²) in [7, 11) is 0. The molecule has 0 radical (unpaired) electrons. The van der Waals surface area contributed by atoms with E-state index in [1.807, 2.05) is 31.2 Å². The second-order valence-electron chi connectivity index (χ2n) is 7.02. The van der Waals surface area contributed by atoms with Crippen molar-refractivity contribution in [3.63, 3.8) is 0 Å². The minimum atomic E-state index is -0.143. The molecule has 1 aliphatic rings. The third-order valence-electron chi connectivity index (χ3n) is 5.03. The highest BCUT2D eigenvalue weighted by atomic mass is 16.5. The summed E-state index contributed by atoms with van der Waals surface area (Å²) in [4.78, 5) is 25.2. The lowest BCUT2D eigenvalue weighted by molar-refractivity contribution is -0.117. The zero-order valence-electron chi connectivity index (χ0n) is 16.4. The van der Waals surface area contributed by atoms with Gasteiger partial charge in [0.15, 0.2) is 0 Å². The molecule has 0 saturated carbocycles. The van der Waals surface area contributed by atoms with Crippen LogP contribution >= 0.6 is 0 Å². The summed E-state index contributed by atoms with van der Waals surface area (Å²) in [6, 6.07) is 15.2. The first-order valence-electron chi connectivity index (χ1n) is 10.0. The average Bonchev–Trinajstić information content (AvgIpc) is 2.73. The van der Waals surface area contributed by atoms with Crippen molar-refractivity contribution in [1.29, 1.82) is 0 Å². The number of hydrogen-bond acceptors (Lipinski definition) is 3. The first-order valence-corrected chi connectivity index (χ1v) is 10.0. The van der Waals surface area contributed by atoms with Crippen molar-refractivity contribution in [1.82, 2.24) is 5.32 Å². The lowest BCUT2D eigenvalue weighted by Crippen LogP contribution is -2.26. The average molecular weight is 380 g/mol. The minimum absolute atomic E-state index is 0.0126. The number of amides is 2. The highest BCUT2D eigenvalue weighted by molar-refractivity contribution is 5.99. The van der Waals surface area contributed by atoms with Crippen molar-refractivity contribution in [2.45, 2.75) is 38.5 Å². The Labute approximate surface area is 166 Å². The summed E-state index contributed by atoms with van der Waals surface area (Å²) in [5.41, 5.74) is 3.57. The Kier molecular flexibility index (Phi) is 7.20. The smallest absolute Gasteiger partial charge is 0.251 e. The number of hydrogen-bond donors (Lipinski definition) is 2. The molecule has 3 rings (SSSR count). The van der Waals surface area contributed by atoms with Crippen molar-refractivity contribution in [3.8, 4) is 0 Å². The molecule has 2 aromatic carbocycles. The molecule has 2 amide bonds. The third kappa shape index (κ3) is 5.20. The van der Waals surface area contributed by atoms with E-state index in [1.165, 1.54) is 5.56 Å². The quantitative estimate of drug-likeness (QED) is 0.683. The predicted octanol–water partition coefficient (Wildman–Crippen LogP) is 3.90. The summed E-state index contributed by atoms with van der Waals surface area (Å²) < 4.78 is 5.27. The Bertz CT molecular complexity index is 819.